The van der Waals surface area contributed by atoms with E-state index < -0.39 is 0 Å². The van der Waals surface area contributed by atoms with Gasteiger partial charge < -0.3 is 0 Å². The highest BCUT2D eigenvalue weighted by Crippen LogP contribution is 2.22. The van der Waals surface area contributed by atoms with Crippen molar-refractivity contribution in [2.24, 2.45) is 0 Å². The predicted molar refractivity (Wildman–Crippen MR) is 44.5 cm³/mol. The first-order valence-corrected chi connectivity index (χ1v) is 4.15. The van der Waals surface area contributed by atoms with E-state index in [9.17, 15) is 0 Å². The van der Waals surface area contributed by atoms with Gasteiger partial charge in [-0.15, -0.1) is 11.3 Å². The SMILES string of the molecule is CNC(C#N)c1ncc(Cl)s1. The van der Waals surface area contributed by atoms with Crippen molar-refractivity contribution in [3.63, 3.8) is 0 Å². The van der Waals surface area contributed by atoms with Crippen LogP contribution in [0.3, 0.4) is 0 Å². The van der Waals surface area contributed by atoms with Gasteiger partial charge in [0.1, 0.15) is 15.4 Å². The van der Waals surface area contributed by atoms with Crippen LogP contribution in [0.15, 0.2) is 6.20 Å². The molecule has 1 heterocycles. The molecule has 5 heteroatoms. The predicted octanol–water partition coefficient (Wildman–Crippen LogP) is 1.58. The van der Waals surface area contributed by atoms with Crippen LogP contribution in [0.4, 0.5) is 0 Å². The zero-order valence-corrected chi connectivity index (χ0v) is 7.41. The summed E-state index contributed by atoms with van der Waals surface area (Å²) in [6, 6.07) is 1.72. The molecule has 1 unspecified atom stereocenters. The lowest BCUT2D eigenvalue weighted by Gasteiger charge is -2.00. The molecule has 1 N–H and O–H groups in total. The molecule has 0 aliphatic heterocycles. The summed E-state index contributed by atoms with van der Waals surface area (Å²) in [5, 5.41) is 12.1. The smallest absolute Gasteiger partial charge is 0.147 e. The third-order valence-electron chi connectivity index (χ3n) is 1.16. The second-order valence-corrected chi connectivity index (χ2v) is 3.55. The van der Waals surface area contributed by atoms with E-state index in [2.05, 4.69) is 16.4 Å². The molecular formula is C6H6ClN3S. The third kappa shape index (κ3) is 1.90. The van der Waals surface area contributed by atoms with Gasteiger partial charge in [0, 0.05) is 0 Å². The molecule has 0 aliphatic rings. The van der Waals surface area contributed by atoms with Gasteiger partial charge in [0.2, 0.25) is 0 Å². The van der Waals surface area contributed by atoms with E-state index in [1.807, 2.05) is 0 Å². The van der Waals surface area contributed by atoms with Gasteiger partial charge in [0.15, 0.2) is 0 Å². The fraction of sp³-hybridized carbons (Fsp3) is 0.333. The minimum absolute atomic E-state index is 0.340. The van der Waals surface area contributed by atoms with E-state index in [0.717, 1.165) is 0 Å². The van der Waals surface area contributed by atoms with Crippen LogP contribution in [0.25, 0.3) is 0 Å². The number of nitriles is 1. The van der Waals surface area contributed by atoms with Gasteiger partial charge in [0.05, 0.1) is 12.3 Å². The molecule has 0 aromatic carbocycles. The van der Waals surface area contributed by atoms with Crippen molar-refractivity contribution in [1.29, 1.82) is 5.26 Å². The molecule has 3 nitrogen and oxygen atoms in total. The number of rotatable bonds is 2. The zero-order valence-electron chi connectivity index (χ0n) is 5.84. The van der Waals surface area contributed by atoms with Crippen LogP contribution in [0.5, 0.6) is 0 Å². The molecule has 1 aromatic rings. The van der Waals surface area contributed by atoms with Crippen LogP contribution in [0, 0.1) is 11.3 Å². The Balaban J connectivity index is 2.84. The number of hydrogen-bond donors (Lipinski definition) is 1. The average molecular weight is 188 g/mol. The summed E-state index contributed by atoms with van der Waals surface area (Å²) >= 11 is 6.95. The van der Waals surface area contributed by atoms with Gasteiger partial charge in [-0.05, 0) is 7.05 Å². The summed E-state index contributed by atoms with van der Waals surface area (Å²) in [5.41, 5.74) is 0. The minimum atomic E-state index is -0.340. The maximum atomic E-state index is 8.60. The van der Waals surface area contributed by atoms with Crippen LogP contribution in [0.2, 0.25) is 4.34 Å². The molecule has 0 radical (unpaired) electrons. The average Bonchev–Trinajstić information content (AvgIpc) is 2.39. The van der Waals surface area contributed by atoms with Crippen molar-refractivity contribution >= 4 is 22.9 Å². The Hall–Kier alpha value is -0.630. The Morgan fingerprint density at radius 2 is 2.64 bits per heavy atom. The molecule has 11 heavy (non-hydrogen) atoms. The third-order valence-corrected chi connectivity index (χ3v) is 2.34. The van der Waals surface area contributed by atoms with Crippen molar-refractivity contribution in [2.75, 3.05) is 7.05 Å². The Labute approximate surface area is 73.6 Å². The molecule has 58 valence electrons. The molecule has 0 fully saturated rings. The highest BCUT2D eigenvalue weighted by Gasteiger charge is 2.10. The van der Waals surface area contributed by atoms with Crippen molar-refractivity contribution in [3.8, 4) is 6.07 Å². The first-order chi connectivity index (χ1) is 5.27. The number of halogens is 1. The van der Waals surface area contributed by atoms with E-state index in [1.165, 1.54) is 11.3 Å². The lowest BCUT2D eigenvalue weighted by molar-refractivity contribution is 0.721. The second-order valence-electron chi connectivity index (χ2n) is 1.85. The second kappa shape index (κ2) is 3.67. The van der Waals surface area contributed by atoms with Gasteiger partial charge in [-0.2, -0.15) is 5.26 Å². The lowest BCUT2D eigenvalue weighted by atomic mass is 10.3. The maximum absolute atomic E-state index is 8.60. The number of aromatic nitrogens is 1. The van der Waals surface area contributed by atoms with Gasteiger partial charge in [-0.25, -0.2) is 4.98 Å². The van der Waals surface area contributed by atoms with Gasteiger partial charge in [0.25, 0.3) is 0 Å². The molecule has 0 saturated carbocycles. The van der Waals surface area contributed by atoms with E-state index in [-0.39, 0.29) is 6.04 Å². The van der Waals surface area contributed by atoms with E-state index in [1.54, 1.807) is 13.2 Å². The lowest BCUT2D eigenvalue weighted by Crippen LogP contribution is -2.13. The molecule has 0 aliphatic carbocycles. The summed E-state index contributed by atoms with van der Waals surface area (Å²) in [6.45, 7) is 0. The Bertz CT molecular complexity index is 278. The first kappa shape index (κ1) is 8.47. The normalized spacial score (nSPS) is 12.5. The van der Waals surface area contributed by atoms with E-state index in [0.29, 0.717) is 9.34 Å². The largest absolute Gasteiger partial charge is 0.299 e. The van der Waals surface area contributed by atoms with Gasteiger partial charge >= 0.3 is 0 Å². The summed E-state index contributed by atoms with van der Waals surface area (Å²) in [7, 11) is 1.71. The van der Waals surface area contributed by atoms with E-state index >= 15 is 0 Å². The van der Waals surface area contributed by atoms with Crippen molar-refractivity contribution in [1.82, 2.24) is 10.3 Å². The quantitative estimate of drug-likeness (QED) is 0.765. The monoisotopic (exact) mass is 187 g/mol. The van der Waals surface area contributed by atoms with Crippen molar-refractivity contribution in [2.45, 2.75) is 6.04 Å². The number of thiazole rings is 1. The topological polar surface area (TPSA) is 48.7 Å². The molecule has 1 atom stereocenters. The van der Waals surface area contributed by atoms with Crippen LogP contribution < -0.4 is 5.32 Å². The van der Waals surface area contributed by atoms with E-state index in [4.69, 9.17) is 16.9 Å². The van der Waals surface area contributed by atoms with Crippen LogP contribution >= 0.6 is 22.9 Å². The fourth-order valence-electron chi connectivity index (χ4n) is 0.644. The summed E-state index contributed by atoms with van der Waals surface area (Å²) < 4.78 is 0.607. The summed E-state index contributed by atoms with van der Waals surface area (Å²) in [5.74, 6) is 0. The van der Waals surface area contributed by atoms with Gasteiger partial charge in [-0.1, -0.05) is 11.6 Å². The zero-order chi connectivity index (χ0) is 8.27. The standard InChI is InChI=1S/C6H6ClN3S/c1-9-4(2-8)6-10-3-5(7)11-6/h3-4,9H,1H3. The molecule has 1 aromatic heterocycles. The molecular weight excluding hydrogens is 182 g/mol. The molecule has 0 spiro atoms. The number of nitrogens with zero attached hydrogens (tertiary/aromatic N) is 2. The Kier molecular flexibility index (Phi) is 2.83. The highest BCUT2D eigenvalue weighted by molar-refractivity contribution is 7.15. The van der Waals surface area contributed by atoms with Gasteiger partial charge in [-0.3, -0.25) is 5.32 Å². The van der Waals surface area contributed by atoms with Crippen LogP contribution in [-0.2, 0) is 0 Å². The summed E-state index contributed by atoms with van der Waals surface area (Å²) in [6.07, 6.45) is 1.54. The molecule has 1 rings (SSSR count). The van der Waals surface area contributed by atoms with Crippen LogP contribution in [0.1, 0.15) is 11.0 Å². The molecule has 0 saturated heterocycles. The first-order valence-electron chi connectivity index (χ1n) is 2.96. The number of hydrogen-bond acceptors (Lipinski definition) is 4. The molecule has 0 bridgehead atoms. The number of nitrogens with one attached hydrogen (secondary N) is 1. The highest BCUT2D eigenvalue weighted by atomic mass is 35.5. The minimum Gasteiger partial charge on any atom is -0.299 e. The Morgan fingerprint density at radius 1 is 1.91 bits per heavy atom. The molecule has 0 amide bonds. The maximum Gasteiger partial charge on any atom is 0.147 e. The van der Waals surface area contributed by atoms with Crippen molar-refractivity contribution in [3.05, 3.63) is 15.5 Å². The summed E-state index contributed by atoms with van der Waals surface area (Å²) in [4.78, 5) is 3.96. The fourth-order valence-corrected chi connectivity index (χ4v) is 1.63. The Morgan fingerprint density at radius 3 is 3.00 bits per heavy atom. The van der Waals surface area contributed by atoms with Crippen LogP contribution in [-0.4, -0.2) is 12.0 Å². The van der Waals surface area contributed by atoms with Crippen molar-refractivity contribution < 1.29 is 0 Å².